The van der Waals surface area contributed by atoms with Crippen molar-refractivity contribution >= 4 is 21.7 Å². The fourth-order valence-corrected chi connectivity index (χ4v) is 2.55. The molecule has 3 nitrogen and oxygen atoms in total. The lowest BCUT2D eigenvalue weighted by Gasteiger charge is -2.11. The molecule has 0 spiro atoms. The highest BCUT2D eigenvalue weighted by Crippen LogP contribution is 2.22. The highest BCUT2D eigenvalue weighted by Gasteiger charge is 2.19. The van der Waals surface area contributed by atoms with Gasteiger partial charge in [0.2, 0.25) is 0 Å². The molecule has 1 aromatic heterocycles. The fraction of sp³-hybridized carbons (Fsp3) is 0.333. The first-order valence-corrected chi connectivity index (χ1v) is 7.10. The molecule has 0 aliphatic carbocycles. The average Bonchev–Trinajstić information content (AvgIpc) is 2.74. The highest BCUT2D eigenvalue weighted by molar-refractivity contribution is 9.10. The van der Waals surface area contributed by atoms with Crippen molar-refractivity contribution in [1.29, 1.82) is 0 Å². The molecule has 0 amide bonds. The lowest BCUT2D eigenvalue weighted by atomic mass is 10.0. The third kappa shape index (κ3) is 2.95. The number of hydrogen-bond acceptors (Lipinski definition) is 2. The summed E-state index contributed by atoms with van der Waals surface area (Å²) in [5, 5.41) is 4.25. The molecule has 0 fully saturated rings. The quantitative estimate of drug-likeness (QED) is 0.799. The molecule has 0 N–H and O–H groups in total. The second-order valence-electron chi connectivity index (χ2n) is 4.91. The summed E-state index contributed by atoms with van der Waals surface area (Å²) in [7, 11) is 0. The summed E-state index contributed by atoms with van der Waals surface area (Å²) >= 11 is 3.41. The van der Waals surface area contributed by atoms with Gasteiger partial charge in [-0.2, -0.15) is 5.10 Å². The molecule has 0 atom stereocenters. The molecule has 0 aliphatic heterocycles. The van der Waals surface area contributed by atoms with Gasteiger partial charge < -0.3 is 0 Å². The third-order valence-corrected chi connectivity index (χ3v) is 3.70. The third-order valence-electron chi connectivity index (χ3n) is 3.12. The van der Waals surface area contributed by atoms with Crippen LogP contribution >= 0.6 is 15.9 Å². The minimum absolute atomic E-state index is 0.0902. The molecule has 1 aromatic carbocycles. The normalized spacial score (nSPS) is 11.0. The van der Waals surface area contributed by atoms with Gasteiger partial charge in [0, 0.05) is 12.5 Å². The van der Waals surface area contributed by atoms with Gasteiger partial charge in [-0.05, 0) is 47.8 Å². The van der Waals surface area contributed by atoms with Crippen LogP contribution < -0.4 is 0 Å². The first kappa shape index (κ1) is 14.0. The van der Waals surface area contributed by atoms with Gasteiger partial charge in [0.25, 0.3) is 0 Å². The number of Topliss-reactive ketones (excluding diaryl/α,β-unsaturated/α-hetero) is 1. The van der Waals surface area contributed by atoms with Gasteiger partial charge in [0.15, 0.2) is 5.78 Å². The van der Waals surface area contributed by atoms with Gasteiger partial charge >= 0.3 is 0 Å². The molecule has 0 unspecified atom stereocenters. The van der Waals surface area contributed by atoms with Crippen LogP contribution in [0.4, 0.5) is 0 Å². The van der Waals surface area contributed by atoms with E-state index >= 15 is 0 Å². The highest BCUT2D eigenvalue weighted by atomic mass is 79.9. The second kappa shape index (κ2) is 5.70. The van der Waals surface area contributed by atoms with Crippen molar-refractivity contribution in [2.75, 3.05) is 0 Å². The zero-order valence-corrected chi connectivity index (χ0v) is 12.9. The lowest BCUT2D eigenvalue weighted by molar-refractivity contribution is 0.0980. The number of carbonyl (C=O) groups is 1. The van der Waals surface area contributed by atoms with Crippen molar-refractivity contribution in [3.05, 3.63) is 51.8 Å². The first-order chi connectivity index (χ1) is 9.00. The molecular weight excluding hydrogens is 304 g/mol. The van der Waals surface area contributed by atoms with Crippen molar-refractivity contribution in [1.82, 2.24) is 9.78 Å². The maximum absolute atomic E-state index is 12.5. The first-order valence-electron chi connectivity index (χ1n) is 6.31. The van der Waals surface area contributed by atoms with Crippen LogP contribution in [0, 0.1) is 6.92 Å². The number of halogens is 1. The van der Waals surface area contributed by atoms with Crippen LogP contribution in [-0.4, -0.2) is 15.6 Å². The van der Waals surface area contributed by atoms with E-state index in [0.717, 1.165) is 15.6 Å². The monoisotopic (exact) mass is 320 g/mol. The van der Waals surface area contributed by atoms with Crippen LogP contribution in [0.5, 0.6) is 0 Å². The molecule has 0 saturated carbocycles. The van der Waals surface area contributed by atoms with E-state index in [2.05, 4.69) is 21.0 Å². The molecule has 100 valence electrons. The minimum Gasteiger partial charge on any atom is -0.292 e. The second-order valence-corrected chi connectivity index (χ2v) is 5.76. The Kier molecular flexibility index (Phi) is 4.20. The summed E-state index contributed by atoms with van der Waals surface area (Å²) in [5.41, 5.74) is 2.86. The van der Waals surface area contributed by atoms with Crippen molar-refractivity contribution in [2.45, 2.75) is 33.2 Å². The van der Waals surface area contributed by atoms with Gasteiger partial charge in [-0.3, -0.25) is 9.48 Å². The Balaban J connectivity index is 2.31. The zero-order valence-electron chi connectivity index (χ0n) is 11.4. The van der Waals surface area contributed by atoms with E-state index < -0.39 is 0 Å². The Morgan fingerprint density at radius 3 is 2.68 bits per heavy atom. The van der Waals surface area contributed by atoms with E-state index in [1.54, 1.807) is 10.9 Å². The average molecular weight is 321 g/mol. The fourth-order valence-electron chi connectivity index (χ4n) is 2.06. The van der Waals surface area contributed by atoms with Crippen LogP contribution in [0.25, 0.3) is 0 Å². The van der Waals surface area contributed by atoms with Gasteiger partial charge in [-0.15, -0.1) is 0 Å². The van der Waals surface area contributed by atoms with E-state index in [9.17, 15) is 4.79 Å². The Bertz CT molecular complexity index is 602. The topological polar surface area (TPSA) is 34.9 Å². The van der Waals surface area contributed by atoms with Crippen molar-refractivity contribution in [3.63, 3.8) is 0 Å². The van der Waals surface area contributed by atoms with E-state index in [0.29, 0.717) is 12.1 Å². The molecule has 0 radical (unpaired) electrons. The molecule has 2 aromatic rings. The Labute approximate surface area is 121 Å². The Hall–Kier alpha value is -1.42. The summed E-state index contributed by atoms with van der Waals surface area (Å²) in [6, 6.07) is 8.14. The SMILES string of the molecule is Cc1ccccc1CC(=O)c1c(Br)cnn1C(C)C. The maximum atomic E-state index is 12.5. The van der Waals surface area contributed by atoms with Gasteiger partial charge in [-0.25, -0.2) is 0 Å². The number of benzene rings is 1. The molecular formula is C15H17BrN2O. The summed E-state index contributed by atoms with van der Waals surface area (Å²) < 4.78 is 2.53. The molecule has 19 heavy (non-hydrogen) atoms. The van der Waals surface area contributed by atoms with Crippen LogP contribution in [0.3, 0.4) is 0 Å². The van der Waals surface area contributed by atoms with E-state index in [4.69, 9.17) is 0 Å². The van der Waals surface area contributed by atoms with E-state index in [-0.39, 0.29) is 11.8 Å². The lowest BCUT2D eigenvalue weighted by Crippen LogP contribution is -2.15. The summed E-state index contributed by atoms with van der Waals surface area (Å²) in [5.74, 6) is 0.0902. The van der Waals surface area contributed by atoms with Gasteiger partial charge in [0.1, 0.15) is 5.69 Å². The Morgan fingerprint density at radius 1 is 1.37 bits per heavy atom. The molecule has 4 heteroatoms. The number of carbonyl (C=O) groups excluding carboxylic acids is 1. The van der Waals surface area contributed by atoms with Crippen molar-refractivity contribution < 1.29 is 4.79 Å². The smallest absolute Gasteiger partial charge is 0.186 e. The maximum Gasteiger partial charge on any atom is 0.186 e. The van der Waals surface area contributed by atoms with Gasteiger partial charge in [0.05, 0.1) is 10.7 Å². The minimum atomic E-state index is 0.0902. The molecule has 0 aliphatic rings. The number of rotatable bonds is 4. The molecule has 0 saturated heterocycles. The molecule has 2 rings (SSSR count). The zero-order chi connectivity index (χ0) is 14.0. The standard InChI is InChI=1S/C15H17BrN2O/c1-10(2)18-15(13(16)9-17-18)14(19)8-12-7-5-4-6-11(12)3/h4-7,9-10H,8H2,1-3H3. The van der Waals surface area contributed by atoms with Crippen molar-refractivity contribution in [3.8, 4) is 0 Å². The van der Waals surface area contributed by atoms with Crippen LogP contribution in [-0.2, 0) is 6.42 Å². The predicted molar refractivity (Wildman–Crippen MR) is 79.5 cm³/mol. The van der Waals surface area contributed by atoms with Crippen molar-refractivity contribution in [2.24, 2.45) is 0 Å². The van der Waals surface area contributed by atoms with Crippen LogP contribution in [0.1, 0.15) is 41.5 Å². The van der Waals surface area contributed by atoms with E-state index in [1.807, 2.05) is 45.0 Å². The van der Waals surface area contributed by atoms with Crippen LogP contribution in [0.15, 0.2) is 34.9 Å². The summed E-state index contributed by atoms with van der Waals surface area (Å²) in [6.45, 7) is 6.06. The number of aromatic nitrogens is 2. The molecule has 0 bridgehead atoms. The number of hydrogen-bond donors (Lipinski definition) is 0. The summed E-state index contributed by atoms with van der Waals surface area (Å²) in [6.07, 6.45) is 2.09. The van der Waals surface area contributed by atoms with Crippen LogP contribution in [0.2, 0.25) is 0 Å². The number of nitrogens with zero attached hydrogens (tertiary/aromatic N) is 2. The largest absolute Gasteiger partial charge is 0.292 e. The Morgan fingerprint density at radius 2 is 2.05 bits per heavy atom. The van der Waals surface area contributed by atoms with E-state index in [1.165, 1.54) is 0 Å². The predicted octanol–water partition coefficient (Wildman–Crippen LogP) is 3.96. The van der Waals surface area contributed by atoms with Gasteiger partial charge in [-0.1, -0.05) is 24.3 Å². The summed E-state index contributed by atoms with van der Waals surface area (Å²) in [4.78, 5) is 12.5. The molecule has 1 heterocycles. The number of aryl methyl sites for hydroxylation is 1. The number of ketones is 1.